The first kappa shape index (κ1) is 33.9. The third kappa shape index (κ3) is 7.69. The van der Waals surface area contributed by atoms with Crippen molar-refractivity contribution in [1.82, 2.24) is 14.9 Å². The molecule has 2 aromatic carbocycles. The van der Waals surface area contributed by atoms with E-state index in [4.69, 9.17) is 16.3 Å². The summed E-state index contributed by atoms with van der Waals surface area (Å²) in [5, 5.41) is 6.77. The normalized spacial score (nSPS) is 13.4. The summed E-state index contributed by atoms with van der Waals surface area (Å²) in [5.74, 6) is 1.13. The molecule has 1 aromatic heterocycles. The fourth-order valence-electron chi connectivity index (χ4n) is 4.15. The van der Waals surface area contributed by atoms with Gasteiger partial charge in [0.2, 0.25) is 5.95 Å². The predicted octanol–water partition coefficient (Wildman–Crippen LogP) is 5.36. The highest BCUT2D eigenvalue weighted by atomic mass is 35.5. The van der Waals surface area contributed by atoms with E-state index in [2.05, 4.69) is 32.5 Å². The van der Waals surface area contributed by atoms with Crippen LogP contribution in [0.2, 0.25) is 5.02 Å². The Labute approximate surface area is 251 Å². The first-order valence-corrected chi connectivity index (χ1v) is 15.9. The molecule has 10 nitrogen and oxygen atoms in total. The lowest BCUT2D eigenvalue weighted by Crippen LogP contribution is -2.26. The van der Waals surface area contributed by atoms with Crippen molar-refractivity contribution in [1.29, 1.82) is 0 Å². The number of likely N-dealkylation sites (N-methyl/N-ethyl adjacent to an activating group) is 1. The SMILES string of the molecule is COc1cc2c(cc1Nc1ncc(Cl)c(Nc3ccc(N(C)S(=O)(=O)F)cc3P(C)(C)=O)n1)CN(C)CC2.Cl.Cl. The highest BCUT2D eigenvalue weighted by molar-refractivity contribution is 7.87. The van der Waals surface area contributed by atoms with Crippen LogP contribution < -0.4 is 25.0 Å². The van der Waals surface area contributed by atoms with Crippen molar-refractivity contribution in [3.63, 3.8) is 0 Å². The van der Waals surface area contributed by atoms with Crippen LogP contribution in [-0.4, -0.2) is 64.4 Å². The Morgan fingerprint density at radius 2 is 1.82 bits per heavy atom. The summed E-state index contributed by atoms with van der Waals surface area (Å²) < 4.78 is 55.4. The number of rotatable bonds is 8. The molecule has 0 saturated heterocycles. The Balaban J connectivity index is 0.00000280. The van der Waals surface area contributed by atoms with Gasteiger partial charge in [-0.3, -0.25) is 0 Å². The Hall–Kier alpha value is -2.34. The monoisotopic (exact) mass is 654 g/mol. The summed E-state index contributed by atoms with van der Waals surface area (Å²) in [5.41, 5.74) is 3.52. The van der Waals surface area contributed by atoms with E-state index in [0.717, 1.165) is 26.6 Å². The van der Waals surface area contributed by atoms with Gasteiger partial charge < -0.3 is 24.8 Å². The van der Waals surface area contributed by atoms with Gasteiger partial charge >= 0.3 is 10.4 Å². The molecule has 0 saturated carbocycles. The maximum Gasteiger partial charge on any atom is 0.399 e. The van der Waals surface area contributed by atoms with Crippen LogP contribution in [0.25, 0.3) is 0 Å². The number of hydrogen-bond acceptors (Lipinski definition) is 9. The fourth-order valence-corrected chi connectivity index (χ4v) is 5.81. The largest absolute Gasteiger partial charge is 0.495 e. The first-order chi connectivity index (χ1) is 17.8. The average molecular weight is 656 g/mol. The number of ether oxygens (including phenoxy) is 1. The van der Waals surface area contributed by atoms with Crippen LogP contribution >= 0.6 is 43.6 Å². The second-order valence-corrected chi connectivity index (χ2v) is 14.4. The van der Waals surface area contributed by atoms with Gasteiger partial charge in [0.1, 0.15) is 17.9 Å². The van der Waals surface area contributed by atoms with Crippen molar-refractivity contribution in [2.45, 2.75) is 13.0 Å². The van der Waals surface area contributed by atoms with Crippen molar-refractivity contribution in [2.24, 2.45) is 0 Å². The molecule has 0 amide bonds. The van der Waals surface area contributed by atoms with Crippen LogP contribution in [0.1, 0.15) is 11.1 Å². The molecule has 0 aliphatic carbocycles. The zero-order valence-electron chi connectivity index (χ0n) is 22.4. The minimum atomic E-state index is -4.99. The zero-order valence-corrected chi connectivity index (χ0v) is 26.5. The number of aromatic nitrogens is 2. The topological polar surface area (TPSA) is 117 Å². The van der Waals surface area contributed by atoms with Crippen molar-refractivity contribution in [2.75, 3.05) is 56.0 Å². The van der Waals surface area contributed by atoms with Crippen LogP contribution in [0.5, 0.6) is 5.75 Å². The molecule has 0 unspecified atom stereocenters. The zero-order chi connectivity index (χ0) is 27.8. The molecule has 0 radical (unpaired) electrons. The Morgan fingerprint density at radius 1 is 1.12 bits per heavy atom. The highest BCUT2D eigenvalue weighted by Crippen LogP contribution is 2.41. The minimum absolute atomic E-state index is 0. The van der Waals surface area contributed by atoms with E-state index in [1.165, 1.54) is 48.9 Å². The standard InChI is InChI=1S/C24H29ClFN6O4PS.2ClH/c1-31-9-8-15-11-21(36-3)20(10-16(15)14-31)29-24-27-13-18(25)23(30-24)28-19-7-6-17(32(2)38(26,34)35)12-22(19)37(4,5)33;;/h6-7,10-13H,8-9,14H2,1-5H3,(H2,27,28,29,30);2*1H. The minimum Gasteiger partial charge on any atom is -0.495 e. The molecule has 220 valence electrons. The summed E-state index contributed by atoms with van der Waals surface area (Å²) in [7, 11) is -3.19. The lowest BCUT2D eigenvalue weighted by molar-refractivity contribution is 0.312. The van der Waals surface area contributed by atoms with Crippen molar-refractivity contribution >= 4 is 88.1 Å². The number of nitrogens with zero attached hydrogens (tertiary/aromatic N) is 4. The number of halogens is 4. The molecule has 0 spiro atoms. The van der Waals surface area contributed by atoms with E-state index >= 15 is 0 Å². The number of methoxy groups -OCH3 is 1. The van der Waals surface area contributed by atoms with Crippen molar-refractivity contribution in [3.05, 3.63) is 52.7 Å². The van der Waals surface area contributed by atoms with Gasteiger partial charge in [-0.2, -0.15) is 13.4 Å². The molecule has 1 aliphatic rings. The number of anilines is 5. The maximum atomic E-state index is 13.5. The molecular formula is C24H31Cl3FN6O4PS. The molecule has 3 aromatic rings. The number of fused-ring (bicyclic) bond motifs is 1. The highest BCUT2D eigenvalue weighted by Gasteiger charge is 2.23. The third-order valence-electron chi connectivity index (χ3n) is 6.22. The molecule has 2 N–H and O–H groups in total. The van der Waals surface area contributed by atoms with E-state index in [1.807, 2.05) is 12.1 Å². The van der Waals surface area contributed by atoms with Crippen LogP contribution in [0, 0.1) is 0 Å². The van der Waals surface area contributed by atoms with E-state index in [-0.39, 0.29) is 47.3 Å². The molecular weight excluding hydrogens is 625 g/mol. The first-order valence-electron chi connectivity index (χ1n) is 11.6. The fraction of sp³-hybridized carbons (Fsp3) is 0.333. The van der Waals surface area contributed by atoms with Crippen LogP contribution in [0.4, 0.5) is 32.7 Å². The second-order valence-electron chi connectivity index (χ2n) is 9.41. The Bertz CT molecular complexity index is 1540. The lowest BCUT2D eigenvalue weighted by Gasteiger charge is -2.26. The van der Waals surface area contributed by atoms with Gasteiger partial charge in [-0.1, -0.05) is 15.5 Å². The molecule has 4 rings (SSSR count). The maximum absolute atomic E-state index is 13.5. The van der Waals surface area contributed by atoms with Gasteiger partial charge in [-0.05, 0) is 68.3 Å². The summed E-state index contributed by atoms with van der Waals surface area (Å²) in [6.45, 7) is 4.84. The van der Waals surface area contributed by atoms with Gasteiger partial charge in [-0.25, -0.2) is 9.29 Å². The molecule has 0 bridgehead atoms. The predicted molar refractivity (Wildman–Crippen MR) is 165 cm³/mol. The summed E-state index contributed by atoms with van der Waals surface area (Å²) in [6, 6.07) is 8.29. The quantitative estimate of drug-likeness (QED) is 0.245. The summed E-state index contributed by atoms with van der Waals surface area (Å²) in [4.78, 5) is 11.0. The molecule has 0 atom stereocenters. The van der Waals surface area contributed by atoms with Crippen LogP contribution in [-0.2, 0) is 27.9 Å². The van der Waals surface area contributed by atoms with Gasteiger partial charge in [0.15, 0.2) is 5.82 Å². The Morgan fingerprint density at radius 3 is 2.45 bits per heavy atom. The van der Waals surface area contributed by atoms with Gasteiger partial charge in [0.05, 0.1) is 30.4 Å². The van der Waals surface area contributed by atoms with E-state index in [9.17, 15) is 16.9 Å². The van der Waals surface area contributed by atoms with Gasteiger partial charge in [0.25, 0.3) is 0 Å². The summed E-state index contributed by atoms with van der Waals surface area (Å²) >= 11 is 6.38. The van der Waals surface area contributed by atoms with Gasteiger partial charge in [-0.15, -0.1) is 24.8 Å². The molecule has 16 heteroatoms. The van der Waals surface area contributed by atoms with Crippen LogP contribution in [0.3, 0.4) is 0 Å². The van der Waals surface area contributed by atoms with E-state index in [1.54, 1.807) is 7.11 Å². The molecule has 2 heterocycles. The smallest absolute Gasteiger partial charge is 0.399 e. The number of benzene rings is 2. The van der Waals surface area contributed by atoms with E-state index in [0.29, 0.717) is 26.7 Å². The Kier molecular flexibility index (Phi) is 11.1. The number of nitrogens with one attached hydrogen (secondary N) is 2. The average Bonchev–Trinajstić information content (AvgIpc) is 2.84. The van der Waals surface area contributed by atoms with Gasteiger partial charge in [0, 0.05) is 25.4 Å². The van der Waals surface area contributed by atoms with E-state index < -0.39 is 17.6 Å². The second kappa shape index (κ2) is 13.1. The molecule has 1 aliphatic heterocycles. The number of hydrogen-bond donors (Lipinski definition) is 2. The molecule has 40 heavy (non-hydrogen) atoms. The summed E-state index contributed by atoms with van der Waals surface area (Å²) in [6.07, 6.45) is 2.35. The van der Waals surface area contributed by atoms with Crippen LogP contribution in [0.15, 0.2) is 36.5 Å². The molecule has 0 fully saturated rings. The lowest BCUT2D eigenvalue weighted by atomic mass is 9.99. The van der Waals surface area contributed by atoms with Crippen molar-refractivity contribution in [3.8, 4) is 5.75 Å². The van der Waals surface area contributed by atoms with Crippen molar-refractivity contribution < 1.29 is 21.6 Å². The third-order valence-corrected chi connectivity index (χ3v) is 8.89.